The lowest BCUT2D eigenvalue weighted by molar-refractivity contribution is -0.126. The van der Waals surface area contributed by atoms with E-state index in [0.717, 1.165) is 13.0 Å². The Bertz CT molecular complexity index is 136. The molecule has 1 saturated heterocycles. The molecule has 0 spiro atoms. The lowest BCUT2D eigenvalue weighted by Crippen LogP contribution is -2.25. The van der Waals surface area contributed by atoms with Crippen LogP contribution in [0.25, 0.3) is 0 Å². The molecule has 3 heteroatoms. The van der Waals surface area contributed by atoms with Crippen LogP contribution in [0.4, 0.5) is 0 Å². The van der Waals surface area contributed by atoms with Crippen LogP contribution in [0.5, 0.6) is 0 Å². The van der Waals surface area contributed by atoms with Crippen LogP contribution in [0.1, 0.15) is 13.3 Å². The first-order valence-electron chi connectivity index (χ1n) is 3.46. The molecule has 2 atom stereocenters. The Balaban J connectivity index is 2.46. The van der Waals surface area contributed by atoms with Gasteiger partial charge >= 0.3 is 0 Å². The molecule has 0 saturated carbocycles. The van der Waals surface area contributed by atoms with Gasteiger partial charge in [-0.1, -0.05) is 22.9 Å². The van der Waals surface area contributed by atoms with Crippen LogP contribution in [0.2, 0.25) is 0 Å². The molecule has 0 bridgehead atoms. The smallest absolute Gasteiger partial charge is 0.172 e. The van der Waals surface area contributed by atoms with Crippen molar-refractivity contribution in [2.45, 2.75) is 19.4 Å². The molecule has 0 aromatic carbocycles. The largest absolute Gasteiger partial charge is 0.370 e. The molecule has 1 aliphatic rings. The van der Waals surface area contributed by atoms with Crippen LogP contribution >= 0.6 is 15.9 Å². The second-order valence-corrected chi connectivity index (χ2v) is 3.22. The van der Waals surface area contributed by atoms with E-state index in [9.17, 15) is 4.79 Å². The van der Waals surface area contributed by atoms with Crippen LogP contribution in [0.15, 0.2) is 0 Å². The molecule has 0 radical (unpaired) electrons. The van der Waals surface area contributed by atoms with Crippen molar-refractivity contribution in [1.82, 2.24) is 0 Å². The van der Waals surface area contributed by atoms with Gasteiger partial charge in [0.2, 0.25) is 0 Å². The zero-order chi connectivity index (χ0) is 7.56. The summed E-state index contributed by atoms with van der Waals surface area (Å²) in [6.45, 7) is 2.79. The summed E-state index contributed by atoms with van der Waals surface area (Å²) in [7, 11) is 0. The number of hydrogen-bond donors (Lipinski definition) is 0. The third-order valence-corrected chi connectivity index (χ3v) is 2.39. The number of hydrogen-bond acceptors (Lipinski definition) is 2. The standard InChI is InChI=1S/C7H11BrO2/c1-5-2-3-10-7(5)6(9)4-8/h5,7H,2-4H2,1H3. The van der Waals surface area contributed by atoms with Gasteiger partial charge in [-0.05, 0) is 12.3 Å². The number of alkyl halides is 1. The van der Waals surface area contributed by atoms with Crippen LogP contribution < -0.4 is 0 Å². The van der Waals surface area contributed by atoms with Gasteiger partial charge in [-0.3, -0.25) is 4.79 Å². The van der Waals surface area contributed by atoms with Gasteiger partial charge in [0.25, 0.3) is 0 Å². The maximum Gasteiger partial charge on any atom is 0.172 e. The Morgan fingerprint density at radius 2 is 2.50 bits per heavy atom. The second-order valence-electron chi connectivity index (χ2n) is 2.66. The summed E-state index contributed by atoms with van der Waals surface area (Å²) in [6.07, 6.45) is 0.878. The van der Waals surface area contributed by atoms with E-state index in [1.54, 1.807) is 0 Å². The monoisotopic (exact) mass is 206 g/mol. The van der Waals surface area contributed by atoms with Crippen LogP contribution in [-0.4, -0.2) is 23.8 Å². The maximum atomic E-state index is 11.1. The third-order valence-electron chi connectivity index (χ3n) is 1.84. The summed E-state index contributed by atoms with van der Waals surface area (Å²) in [5.41, 5.74) is 0. The fraction of sp³-hybridized carbons (Fsp3) is 0.857. The minimum Gasteiger partial charge on any atom is -0.370 e. The first-order chi connectivity index (χ1) is 4.75. The topological polar surface area (TPSA) is 26.3 Å². The second kappa shape index (κ2) is 3.49. The van der Waals surface area contributed by atoms with E-state index in [0.29, 0.717) is 11.2 Å². The van der Waals surface area contributed by atoms with Gasteiger partial charge in [-0.15, -0.1) is 0 Å². The van der Waals surface area contributed by atoms with E-state index in [2.05, 4.69) is 22.9 Å². The first kappa shape index (κ1) is 8.21. The normalized spacial score (nSPS) is 32.6. The molecule has 0 N–H and O–H groups in total. The predicted molar refractivity (Wildman–Crippen MR) is 42.3 cm³/mol. The van der Waals surface area contributed by atoms with Crippen molar-refractivity contribution < 1.29 is 9.53 Å². The number of Topliss-reactive ketones (excluding diaryl/α,β-unsaturated/α-hetero) is 1. The minimum atomic E-state index is -0.139. The van der Waals surface area contributed by atoms with Crippen molar-refractivity contribution in [3.63, 3.8) is 0 Å². The third kappa shape index (κ3) is 1.58. The molecule has 0 aromatic heterocycles. The molecular weight excluding hydrogens is 196 g/mol. The SMILES string of the molecule is CC1CCOC1C(=O)CBr. The molecule has 2 unspecified atom stereocenters. The molecular formula is C7H11BrO2. The van der Waals surface area contributed by atoms with Crippen molar-refractivity contribution in [2.75, 3.05) is 11.9 Å². The fourth-order valence-corrected chi connectivity index (χ4v) is 1.50. The van der Waals surface area contributed by atoms with Crippen molar-refractivity contribution >= 4 is 21.7 Å². The molecule has 1 aliphatic heterocycles. The summed E-state index contributed by atoms with van der Waals surface area (Å²) in [6, 6.07) is 0. The number of ether oxygens (including phenoxy) is 1. The lowest BCUT2D eigenvalue weighted by atomic mass is 10.0. The molecule has 0 aliphatic carbocycles. The van der Waals surface area contributed by atoms with Crippen molar-refractivity contribution in [3.05, 3.63) is 0 Å². The van der Waals surface area contributed by atoms with Crippen LogP contribution in [0.3, 0.4) is 0 Å². The highest BCUT2D eigenvalue weighted by Gasteiger charge is 2.29. The zero-order valence-corrected chi connectivity index (χ0v) is 7.56. The van der Waals surface area contributed by atoms with Gasteiger partial charge in [0.15, 0.2) is 5.78 Å². The van der Waals surface area contributed by atoms with E-state index < -0.39 is 0 Å². The number of rotatable bonds is 2. The van der Waals surface area contributed by atoms with Gasteiger partial charge < -0.3 is 4.74 Å². The van der Waals surface area contributed by atoms with Crippen LogP contribution in [0, 0.1) is 5.92 Å². The molecule has 58 valence electrons. The molecule has 2 nitrogen and oxygen atoms in total. The molecule has 0 aromatic rings. The summed E-state index contributed by atoms with van der Waals surface area (Å²) < 4.78 is 5.24. The van der Waals surface area contributed by atoms with Gasteiger partial charge in [0.05, 0.1) is 5.33 Å². The predicted octanol–water partition coefficient (Wildman–Crippen LogP) is 1.38. The quantitative estimate of drug-likeness (QED) is 0.639. The Kier molecular flexibility index (Phi) is 2.86. The number of carbonyl (C=O) groups is 1. The summed E-state index contributed by atoms with van der Waals surface area (Å²) in [5.74, 6) is 0.579. The minimum absolute atomic E-state index is 0.139. The van der Waals surface area contributed by atoms with E-state index >= 15 is 0 Å². The molecule has 1 fully saturated rings. The van der Waals surface area contributed by atoms with Gasteiger partial charge in [0.1, 0.15) is 6.10 Å². The Hall–Kier alpha value is 0.110. The van der Waals surface area contributed by atoms with E-state index in [1.165, 1.54) is 0 Å². The van der Waals surface area contributed by atoms with Crippen molar-refractivity contribution in [2.24, 2.45) is 5.92 Å². The Morgan fingerprint density at radius 3 is 2.90 bits per heavy atom. The molecule has 1 rings (SSSR count). The highest BCUT2D eigenvalue weighted by atomic mass is 79.9. The summed E-state index contributed by atoms with van der Waals surface area (Å²) in [4.78, 5) is 11.1. The Labute approximate surface area is 69.1 Å². The number of ketones is 1. The lowest BCUT2D eigenvalue weighted by Gasteiger charge is -2.10. The van der Waals surface area contributed by atoms with Gasteiger partial charge in [-0.25, -0.2) is 0 Å². The van der Waals surface area contributed by atoms with E-state index in [4.69, 9.17) is 4.74 Å². The molecule has 10 heavy (non-hydrogen) atoms. The van der Waals surface area contributed by atoms with E-state index in [1.807, 2.05) is 0 Å². The highest BCUT2D eigenvalue weighted by Crippen LogP contribution is 2.20. The average Bonchev–Trinajstić information content (AvgIpc) is 2.34. The fourth-order valence-electron chi connectivity index (χ4n) is 1.18. The number of carbonyl (C=O) groups excluding carboxylic acids is 1. The van der Waals surface area contributed by atoms with Gasteiger partial charge in [-0.2, -0.15) is 0 Å². The van der Waals surface area contributed by atoms with Crippen molar-refractivity contribution in [3.8, 4) is 0 Å². The highest BCUT2D eigenvalue weighted by molar-refractivity contribution is 9.09. The van der Waals surface area contributed by atoms with Crippen LogP contribution in [-0.2, 0) is 9.53 Å². The van der Waals surface area contributed by atoms with Crippen molar-refractivity contribution in [1.29, 1.82) is 0 Å². The Morgan fingerprint density at radius 1 is 1.80 bits per heavy atom. The summed E-state index contributed by atoms with van der Waals surface area (Å²) in [5, 5.41) is 0.419. The first-order valence-corrected chi connectivity index (χ1v) is 4.58. The average molecular weight is 207 g/mol. The maximum absolute atomic E-state index is 11.1. The molecule has 1 heterocycles. The van der Waals surface area contributed by atoms with E-state index in [-0.39, 0.29) is 11.9 Å². The number of halogens is 1. The summed E-state index contributed by atoms with van der Waals surface area (Å²) >= 11 is 3.12. The molecule has 0 amide bonds. The van der Waals surface area contributed by atoms with Gasteiger partial charge in [0, 0.05) is 6.61 Å². The zero-order valence-electron chi connectivity index (χ0n) is 5.97.